The summed E-state index contributed by atoms with van der Waals surface area (Å²) in [5.41, 5.74) is 5.79. The molecule has 0 unspecified atom stereocenters. The zero-order chi connectivity index (χ0) is 33.3. The van der Waals surface area contributed by atoms with Crippen LogP contribution in [0.25, 0.3) is 5.57 Å². The highest BCUT2D eigenvalue weighted by molar-refractivity contribution is 7.93. The molecule has 3 atom stereocenters. The lowest BCUT2D eigenvalue weighted by Gasteiger charge is -2.36. The van der Waals surface area contributed by atoms with E-state index in [1.165, 1.54) is 21.4 Å². The monoisotopic (exact) mass is 655 g/mol. The fourth-order valence-corrected chi connectivity index (χ4v) is 9.22. The van der Waals surface area contributed by atoms with Crippen molar-refractivity contribution in [2.24, 2.45) is 11.8 Å². The molecule has 1 aliphatic carbocycles. The van der Waals surface area contributed by atoms with E-state index >= 15 is 0 Å². The maximum Gasteiger partial charge on any atom is 0.264 e. The van der Waals surface area contributed by atoms with Gasteiger partial charge in [0, 0.05) is 17.7 Å². The van der Waals surface area contributed by atoms with Gasteiger partial charge in [0.25, 0.3) is 21.8 Å². The third kappa shape index (κ3) is 4.47. The van der Waals surface area contributed by atoms with Crippen LogP contribution in [0, 0.1) is 11.8 Å². The number of benzene rings is 4. The Morgan fingerprint density at radius 2 is 1.23 bits per heavy atom. The molecule has 10 heteroatoms. The van der Waals surface area contributed by atoms with Gasteiger partial charge in [0.1, 0.15) is 0 Å². The van der Waals surface area contributed by atoms with E-state index in [2.05, 4.69) is 0 Å². The Morgan fingerprint density at radius 3 is 1.85 bits per heavy atom. The van der Waals surface area contributed by atoms with Crippen molar-refractivity contribution < 1.29 is 27.6 Å². The number of carbonyl (C=O) groups excluding carboxylic acids is 4. The minimum absolute atomic E-state index is 0.120. The van der Waals surface area contributed by atoms with Crippen LogP contribution in [-0.2, 0) is 35.6 Å². The number of amides is 4. The molecule has 0 radical (unpaired) electrons. The third-order valence-corrected chi connectivity index (χ3v) is 11.5. The fourth-order valence-electron chi connectivity index (χ4n) is 7.54. The topological polar surface area (TPSA) is 112 Å². The molecule has 4 amide bonds. The predicted octanol–water partition coefficient (Wildman–Crippen LogP) is 5.27. The average molecular weight is 656 g/mol. The summed E-state index contributed by atoms with van der Waals surface area (Å²) in [4.78, 5) is 54.8. The van der Waals surface area contributed by atoms with Gasteiger partial charge in [-0.15, -0.1) is 0 Å². The minimum atomic E-state index is -4.08. The first-order chi connectivity index (χ1) is 23.1. The molecule has 3 aliphatic heterocycles. The molecule has 0 aromatic heterocycles. The van der Waals surface area contributed by atoms with Crippen molar-refractivity contribution in [2.45, 2.75) is 30.7 Å². The van der Waals surface area contributed by atoms with Gasteiger partial charge >= 0.3 is 0 Å². The Kier molecular flexibility index (Phi) is 6.81. The van der Waals surface area contributed by atoms with Crippen molar-refractivity contribution in [3.8, 4) is 0 Å². The summed E-state index contributed by atoms with van der Waals surface area (Å²) in [7, 11) is -4.08. The van der Waals surface area contributed by atoms with Crippen molar-refractivity contribution in [3.63, 3.8) is 0 Å². The Labute approximate surface area is 277 Å². The number of anilines is 3. The molecule has 0 saturated carbocycles. The van der Waals surface area contributed by atoms with Crippen molar-refractivity contribution >= 4 is 56.3 Å². The van der Waals surface area contributed by atoms with E-state index in [1.54, 1.807) is 66.7 Å². The Morgan fingerprint density at radius 1 is 0.667 bits per heavy atom. The molecule has 3 heterocycles. The van der Waals surface area contributed by atoms with E-state index in [-0.39, 0.29) is 22.6 Å². The third-order valence-electron chi connectivity index (χ3n) is 9.69. The molecule has 8 rings (SSSR count). The van der Waals surface area contributed by atoms with Gasteiger partial charge in [-0.25, -0.2) is 18.2 Å². The maximum absolute atomic E-state index is 14.3. The van der Waals surface area contributed by atoms with Crippen LogP contribution in [0.1, 0.15) is 30.0 Å². The van der Waals surface area contributed by atoms with E-state index < -0.39 is 33.8 Å². The number of hydrogen-bond acceptors (Lipinski definition) is 6. The van der Waals surface area contributed by atoms with Gasteiger partial charge < -0.3 is 0 Å². The van der Waals surface area contributed by atoms with Gasteiger partial charge in [0.15, 0.2) is 0 Å². The highest BCUT2D eigenvalue weighted by atomic mass is 32.2. The molecule has 1 fully saturated rings. The lowest BCUT2D eigenvalue weighted by molar-refractivity contribution is -0.123. The molecule has 9 nitrogen and oxygen atoms in total. The normalized spacial score (nSPS) is 21.7. The van der Waals surface area contributed by atoms with Crippen LogP contribution < -0.4 is 14.1 Å². The van der Waals surface area contributed by atoms with Gasteiger partial charge in [0.05, 0.1) is 39.8 Å². The van der Waals surface area contributed by atoms with Crippen LogP contribution in [0.15, 0.2) is 126 Å². The summed E-state index contributed by atoms with van der Waals surface area (Å²) in [6, 6.07) is 29.0. The molecule has 238 valence electrons. The zero-order valence-corrected chi connectivity index (χ0v) is 26.6. The number of allylic oxidation sites excluding steroid dienone is 1. The number of fused-ring (bicyclic) bond motifs is 5. The quantitative estimate of drug-likeness (QED) is 0.262. The number of hydrogen-bond donors (Lipinski definition) is 0. The highest BCUT2D eigenvalue weighted by Crippen LogP contribution is 2.55. The summed E-state index contributed by atoms with van der Waals surface area (Å²) in [6.45, 7) is 1.92. The number of para-hydroxylation sites is 1. The molecule has 48 heavy (non-hydrogen) atoms. The molecule has 0 bridgehead atoms. The van der Waals surface area contributed by atoms with Crippen LogP contribution in [-0.4, -0.2) is 38.1 Å². The molecule has 4 aromatic carbocycles. The molecular formula is C38H29N3O6S. The smallest absolute Gasteiger partial charge is 0.264 e. The molecule has 0 N–H and O–H groups in total. The molecule has 0 spiro atoms. The molecule has 4 aliphatic rings. The lowest BCUT2D eigenvalue weighted by atomic mass is 9.74. The van der Waals surface area contributed by atoms with Crippen LogP contribution in [0.4, 0.5) is 17.1 Å². The second kappa shape index (κ2) is 11.0. The van der Waals surface area contributed by atoms with Gasteiger partial charge in [-0.2, -0.15) is 0 Å². The van der Waals surface area contributed by atoms with Gasteiger partial charge in [-0.3, -0.25) is 23.5 Å². The number of imide groups is 2. The summed E-state index contributed by atoms with van der Waals surface area (Å²) in [5.74, 6) is -3.08. The van der Waals surface area contributed by atoms with Gasteiger partial charge in [-0.05, 0) is 78.9 Å². The van der Waals surface area contributed by atoms with Crippen molar-refractivity contribution in [1.29, 1.82) is 0 Å². The summed E-state index contributed by atoms with van der Waals surface area (Å²) in [5, 5.41) is 0. The first-order valence-corrected chi connectivity index (χ1v) is 17.1. The van der Waals surface area contributed by atoms with E-state index in [1.807, 2.05) is 43.3 Å². The second-order valence-electron chi connectivity index (χ2n) is 12.5. The summed E-state index contributed by atoms with van der Waals surface area (Å²) >= 11 is 0. The van der Waals surface area contributed by atoms with Crippen LogP contribution in [0.2, 0.25) is 0 Å². The molecule has 4 aromatic rings. The van der Waals surface area contributed by atoms with Crippen LogP contribution >= 0.6 is 0 Å². The second-order valence-corrected chi connectivity index (χ2v) is 14.3. The first kappa shape index (κ1) is 29.8. The average Bonchev–Trinajstić information content (AvgIpc) is 3.71. The standard InChI is InChI=1S/C38H29N3O6S/c1-23-21-30-35(36-34(23)29-9-5-6-10-31(29)41(36)48(46,47)28-7-3-2-4-8-28)38(45)40(37(30)44)27-17-13-25(14-18-27)22-24-11-15-26(16-12-24)39-32(42)19-20-33(39)43/h2-20,30,35-36H,21-22H2,1H3/t30-,35-,36+/m0/s1. The lowest BCUT2D eigenvalue weighted by Crippen LogP contribution is -2.48. The van der Waals surface area contributed by atoms with Crippen LogP contribution in [0.3, 0.4) is 0 Å². The van der Waals surface area contributed by atoms with E-state index in [4.69, 9.17) is 0 Å². The number of nitrogens with zero attached hydrogens (tertiary/aromatic N) is 3. The fraction of sp³-hybridized carbons (Fsp3) is 0.158. The Balaban J connectivity index is 1.08. The van der Waals surface area contributed by atoms with E-state index in [0.29, 0.717) is 29.9 Å². The minimum Gasteiger partial charge on any atom is -0.274 e. The number of sulfonamides is 1. The largest absolute Gasteiger partial charge is 0.274 e. The highest BCUT2D eigenvalue weighted by Gasteiger charge is 2.60. The van der Waals surface area contributed by atoms with E-state index in [0.717, 1.165) is 32.7 Å². The van der Waals surface area contributed by atoms with Crippen molar-refractivity contribution in [3.05, 3.63) is 138 Å². The van der Waals surface area contributed by atoms with Gasteiger partial charge in [-0.1, -0.05) is 66.2 Å². The SMILES string of the molecule is CC1=C2c3ccccc3N(S(=O)(=O)c3ccccc3)[C@H]2[C@H]2C(=O)N(c3ccc(Cc4ccc(N5C(=O)C=CC5=O)cc4)cc3)C(=O)[C@H]2C1. The van der Waals surface area contributed by atoms with Crippen LogP contribution in [0.5, 0.6) is 0 Å². The van der Waals surface area contributed by atoms with Gasteiger partial charge in [0.2, 0.25) is 11.8 Å². The maximum atomic E-state index is 14.3. The summed E-state index contributed by atoms with van der Waals surface area (Å²) in [6.07, 6.45) is 3.40. The first-order valence-electron chi connectivity index (χ1n) is 15.7. The Bertz CT molecular complexity index is 2190. The zero-order valence-electron chi connectivity index (χ0n) is 25.8. The number of carbonyl (C=O) groups is 4. The van der Waals surface area contributed by atoms with Crippen molar-refractivity contribution in [2.75, 3.05) is 14.1 Å². The molecular weight excluding hydrogens is 627 g/mol. The predicted molar refractivity (Wildman–Crippen MR) is 180 cm³/mol. The Hall–Kier alpha value is -5.61. The van der Waals surface area contributed by atoms with E-state index in [9.17, 15) is 27.6 Å². The number of rotatable bonds is 6. The van der Waals surface area contributed by atoms with Crippen molar-refractivity contribution in [1.82, 2.24) is 0 Å². The molecule has 1 saturated heterocycles. The summed E-state index contributed by atoms with van der Waals surface area (Å²) < 4.78 is 29.9.